The third-order valence-corrected chi connectivity index (χ3v) is 2.66. The van der Waals surface area contributed by atoms with Crippen molar-refractivity contribution in [3.63, 3.8) is 0 Å². The zero-order valence-electron chi connectivity index (χ0n) is 10.8. The lowest BCUT2D eigenvalue weighted by atomic mass is 10.2. The van der Waals surface area contributed by atoms with Gasteiger partial charge in [-0.2, -0.15) is 0 Å². The molecule has 0 radical (unpaired) electrons. The summed E-state index contributed by atoms with van der Waals surface area (Å²) in [6, 6.07) is 0. The molecule has 0 aromatic carbocycles. The summed E-state index contributed by atoms with van der Waals surface area (Å²) in [6.07, 6.45) is 10.8. The van der Waals surface area contributed by atoms with Crippen LogP contribution in [0.2, 0.25) is 0 Å². The maximum atomic E-state index is 3.42. The molecule has 0 saturated heterocycles. The lowest BCUT2D eigenvalue weighted by molar-refractivity contribution is 0.531. The molecule has 2 N–H and O–H groups in total. The van der Waals surface area contributed by atoms with Gasteiger partial charge in [0.1, 0.15) is 0 Å². The molecule has 0 fully saturated rings. The summed E-state index contributed by atoms with van der Waals surface area (Å²) < 4.78 is 0. The minimum absolute atomic E-state index is 0.984. The zero-order valence-corrected chi connectivity index (χ0v) is 10.8. The minimum atomic E-state index is 0.984. The van der Waals surface area contributed by atoms with Crippen LogP contribution in [0.1, 0.15) is 65.2 Å². The third-order valence-electron chi connectivity index (χ3n) is 2.66. The molecule has 0 aliphatic rings. The number of unbranched alkanes of at least 4 members (excludes halogenated alkanes) is 6. The second-order valence-corrected chi connectivity index (χ2v) is 4.30. The Morgan fingerprint density at radius 1 is 0.600 bits per heavy atom. The molecule has 2 heteroatoms. The lowest BCUT2D eigenvalue weighted by Crippen LogP contribution is -2.30. The molecule has 2 nitrogen and oxygen atoms in total. The van der Waals surface area contributed by atoms with Crippen LogP contribution in [0.4, 0.5) is 0 Å². The molecular formula is C13H30N2. The molecule has 0 bridgehead atoms. The van der Waals surface area contributed by atoms with E-state index in [-0.39, 0.29) is 0 Å². The molecule has 0 spiro atoms. The summed E-state index contributed by atoms with van der Waals surface area (Å²) in [6.45, 7) is 7.83. The molecule has 92 valence electrons. The average molecular weight is 214 g/mol. The molecule has 0 aliphatic carbocycles. The Balaban J connectivity index is 2.81. The van der Waals surface area contributed by atoms with Gasteiger partial charge in [0.2, 0.25) is 0 Å². The van der Waals surface area contributed by atoms with Gasteiger partial charge >= 0.3 is 0 Å². The average Bonchev–Trinajstić information content (AvgIpc) is 2.26. The van der Waals surface area contributed by atoms with Gasteiger partial charge in [0.25, 0.3) is 0 Å². The fraction of sp³-hybridized carbons (Fsp3) is 1.00. The monoisotopic (exact) mass is 214 g/mol. The first-order valence-corrected chi connectivity index (χ1v) is 6.83. The molecule has 0 aromatic heterocycles. The van der Waals surface area contributed by atoms with Gasteiger partial charge in [0, 0.05) is 6.67 Å². The largest absolute Gasteiger partial charge is 0.304 e. The highest BCUT2D eigenvalue weighted by Gasteiger charge is 1.89. The van der Waals surface area contributed by atoms with Gasteiger partial charge in [-0.1, -0.05) is 52.4 Å². The van der Waals surface area contributed by atoms with Crippen LogP contribution in [0.25, 0.3) is 0 Å². The van der Waals surface area contributed by atoms with E-state index in [1.54, 1.807) is 0 Å². The van der Waals surface area contributed by atoms with E-state index < -0.39 is 0 Å². The number of rotatable bonds is 12. The Bertz CT molecular complexity index is 92.7. The van der Waals surface area contributed by atoms with E-state index in [4.69, 9.17) is 0 Å². The van der Waals surface area contributed by atoms with E-state index in [9.17, 15) is 0 Å². The van der Waals surface area contributed by atoms with Crippen molar-refractivity contribution in [3.8, 4) is 0 Å². The van der Waals surface area contributed by atoms with Gasteiger partial charge < -0.3 is 10.6 Å². The molecule has 0 rings (SSSR count). The van der Waals surface area contributed by atoms with Gasteiger partial charge in [-0.25, -0.2) is 0 Å². The van der Waals surface area contributed by atoms with Crippen molar-refractivity contribution in [2.24, 2.45) is 0 Å². The van der Waals surface area contributed by atoms with Crippen molar-refractivity contribution >= 4 is 0 Å². The lowest BCUT2D eigenvalue weighted by Gasteiger charge is -2.06. The Hall–Kier alpha value is -0.0800. The van der Waals surface area contributed by atoms with Crippen molar-refractivity contribution in [3.05, 3.63) is 0 Å². The second kappa shape index (κ2) is 13.9. The Labute approximate surface area is 96.2 Å². The van der Waals surface area contributed by atoms with E-state index in [2.05, 4.69) is 24.5 Å². The summed E-state index contributed by atoms with van der Waals surface area (Å²) in [5.41, 5.74) is 0. The van der Waals surface area contributed by atoms with Crippen molar-refractivity contribution in [1.82, 2.24) is 10.6 Å². The standard InChI is InChI=1S/C13H30N2/c1-3-5-7-9-11-14-13-15-12-10-8-6-4-2/h14-15H,3-13H2,1-2H3. The van der Waals surface area contributed by atoms with Crippen LogP contribution in [0.3, 0.4) is 0 Å². The number of hydrogen-bond donors (Lipinski definition) is 2. The second-order valence-electron chi connectivity index (χ2n) is 4.30. The van der Waals surface area contributed by atoms with Crippen LogP contribution in [-0.2, 0) is 0 Å². The molecule has 0 unspecified atom stereocenters. The van der Waals surface area contributed by atoms with Crippen LogP contribution < -0.4 is 10.6 Å². The van der Waals surface area contributed by atoms with Crippen molar-refractivity contribution in [2.45, 2.75) is 65.2 Å². The molecule has 0 heterocycles. The van der Waals surface area contributed by atoms with Crippen LogP contribution in [-0.4, -0.2) is 19.8 Å². The molecule has 0 aromatic rings. The summed E-state index contributed by atoms with van der Waals surface area (Å²) in [7, 11) is 0. The highest BCUT2D eigenvalue weighted by Crippen LogP contribution is 1.97. The molecule has 0 aliphatic heterocycles. The Morgan fingerprint density at radius 2 is 1.07 bits per heavy atom. The zero-order chi connectivity index (χ0) is 11.2. The van der Waals surface area contributed by atoms with Crippen molar-refractivity contribution < 1.29 is 0 Å². The normalized spacial score (nSPS) is 10.8. The first-order chi connectivity index (χ1) is 7.41. The summed E-state index contributed by atoms with van der Waals surface area (Å²) in [5, 5.41) is 6.85. The number of nitrogens with one attached hydrogen (secondary N) is 2. The van der Waals surface area contributed by atoms with E-state index in [1.807, 2.05) is 0 Å². The quantitative estimate of drug-likeness (QED) is 0.385. The first-order valence-electron chi connectivity index (χ1n) is 6.83. The van der Waals surface area contributed by atoms with Gasteiger partial charge in [-0.15, -0.1) is 0 Å². The van der Waals surface area contributed by atoms with Gasteiger partial charge in [0.15, 0.2) is 0 Å². The summed E-state index contributed by atoms with van der Waals surface area (Å²) in [5.74, 6) is 0. The Morgan fingerprint density at radius 3 is 1.47 bits per heavy atom. The van der Waals surface area contributed by atoms with Crippen LogP contribution in [0, 0.1) is 0 Å². The molecular weight excluding hydrogens is 184 g/mol. The predicted octanol–water partition coefficient (Wildman–Crippen LogP) is 3.28. The van der Waals surface area contributed by atoms with Gasteiger partial charge in [0.05, 0.1) is 0 Å². The Kier molecular flexibility index (Phi) is 13.8. The van der Waals surface area contributed by atoms with Crippen LogP contribution in [0.15, 0.2) is 0 Å². The summed E-state index contributed by atoms with van der Waals surface area (Å²) >= 11 is 0. The maximum Gasteiger partial charge on any atom is 0.0454 e. The van der Waals surface area contributed by atoms with Gasteiger partial charge in [-0.3, -0.25) is 0 Å². The van der Waals surface area contributed by atoms with E-state index >= 15 is 0 Å². The van der Waals surface area contributed by atoms with E-state index in [0.717, 1.165) is 6.67 Å². The van der Waals surface area contributed by atoms with Crippen LogP contribution in [0.5, 0.6) is 0 Å². The fourth-order valence-electron chi connectivity index (χ4n) is 1.62. The molecule has 0 amide bonds. The van der Waals surface area contributed by atoms with E-state index in [0.29, 0.717) is 0 Å². The number of hydrogen-bond acceptors (Lipinski definition) is 2. The highest BCUT2D eigenvalue weighted by atomic mass is 15.0. The minimum Gasteiger partial charge on any atom is -0.304 e. The first kappa shape index (κ1) is 14.9. The van der Waals surface area contributed by atoms with Crippen molar-refractivity contribution in [2.75, 3.05) is 19.8 Å². The SMILES string of the molecule is CCCCCCNCNCCCCCC. The third kappa shape index (κ3) is 13.9. The summed E-state index contributed by atoms with van der Waals surface area (Å²) in [4.78, 5) is 0. The van der Waals surface area contributed by atoms with Crippen molar-refractivity contribution in [1.29, 1.82) is 0 Å². The topological polar surface area (TPSA) is 24.1 Å². The molecule has 15 heavy (non-hydrogen) atoms. The fourth-order valence-corrected chi connectivity index (χ4v) is 1.62. The highest BCUT2D eigenvalue weighted by molar-refractivity contribution is 4.49. The van der Waals surface area contributed by atoms with E-state index in [1.165, 1.54) is 64.5 Å². The maximum absolute atomic E-state index is 3.42. The predicted molar refractivity (Wildman–Crippen MR) is 69.2 cm³/mol. The van der Waals surface area contributed by atoms with Crippen LogP contribution >= 0.6 is 0 Å². The molecule has 0 atom stereocenters. The molecule has 0 saturated carbocycles. The smallest absolute Gasteiger partial charge is 0.0454 e. The van der Waals surface area contributed by atoms with Gasteiger partial charge in [-0.05, 0) is 25.9 Å².